The summed E-state index contributed by atoms with van der Waals surface area (Å²) in [7, 11) is 4.26. The fraction of sp³-hybridized carbons (Fsp3) is 0.400. The molecule has 2 N–H and O–H groups in total. The van der Waals surface area contributed by atoms with Gasteiger partial charge in [0.05, 0.1) is 14.1 Å². The number of hydrogen-bond donors (Lipinski definition) is 1. The maximum Gasteiger partial charge on any atom is 0.129 e. The van der Waals surface area contributed by atoms with Gasteiger partial charge in [0, 0.05) is 5.56 Å². The predicted molar refractivity (Wildman–Crippen MR) is 51.3 cm³/mol. The van der Waals surface area contributed by atoms with E-state index in [2.05, 4.69) is 38.4 Å². The highest BCUT2D eigenvalue weighted by Gasteiger charge is 2.11. The van der Waals surface area contributed by atoms with E-state index in [1.54, 1.807) is 0 Å². The first-order valence-corrected chi connectivity index (χ1v) is 4.20. The number of nitrogens with two attached hydrogens (primary N) is 1. The van der Waals surface area contributed by atoms with Crippen molar-refractivity contribution in [3.8, 4) is 0 Å². The molecule has 0 unspecified atom stereocenters. The minimum absolute atomic E-state index is 0.675. The standard InChI is InChI=1S/C10H17N2/c1-12(2,9-11)8-10-6-4-3-5-7-10/h3-7H,8-9,11H2,1-2H3/q+1. The zero-order chi connectivity index (χ0) is 9.03. The van der Waals surface area contributed by atoms with Crippen LogP contribution in [-0.2, 0) is 6.54 Å². The van der Waals surface area contributed by atoms with Crippen molar-refractivity contribution in [3.05, 3.63) is 35.9 Å². The molecule has 0 aromatic heterocycles. The molecule has 0 radical (unpaired) electrons. The number of hydrogen-bond acceptors (Lipinski definition) is 1. The number of nitrogens with zero attached hydrogens (tertiary/aromatic N) is 1. The van der Waals surface area contributed by atoms with E-state index >= 15 is 0 Å². The molecule has 0 aliphatic heterocycles. The normalized spacial score (nSPS) is 11.6. The molecule has 0 heterocycles. The Kier molecular flexibility index (Phi) is 2.84. The number of quaternary nitrogens is 1. The van der Waals surface area contributed by atoms with Crippen molar-refractivity contribution in [1.29, 1.82) is 0 Å². The predicted octanol–water partition coefficient (Wildman–Crippen LogP) is 1.18. The minimum atomic E-state index is 0.675. The van der Waals surface area contributed by atoms with Crippen LogP contribution in [0.3, 0.4) is 0 Å². The lowest BCUT2D eigenvalue weighted by atomic mass is 10.2. The highest BCUT2D eigenvalue weighted by atomic mass is 15.3. The fourth-order valence-corrected chi connectivity index (χ4v) is 1.14. The van der Waals surface area contributed by atoms with Gasteiger partial charge in [0.25, 0.3) is 0 Å². The SMILES string of the molecule is C[N+](C)(CN)Cc1ccccc1. The molecule has 0 saturated carbocycles. The molecule has 0 spiro atoms. The first-order chi connectivity index (χ1) is 5.64. The van der Waals surface area contributed by atoms with Crippen molar-refractivity contribution in [2.24, 2.45) is 5.73 Å². The third-order valence-corrected chi connectivity index (χ3v) is 1.95. The highest BCUT2D eigenvalue weighted by molar-refractivity contribution is 5.13. The Labute approximate surface area is 74.2 Å². The van der Waals surface area contributed by atoms with Crippen LogP contribution in [0.25, 0.3) is 0 Å². The Morgan fingerprint density at radius 2 is 1.75 bits per heavy atom. The second-order valence-electron chi connectivity index (χ2n) is 3.76. The summed E-state index contributed by atoms with van der Waals surface area (Å²) >= 11 is 0. The molecular weight excluding hydrogens is 148 g/mol. The highest BCUT2D eigenvalue weighted by Crippen LogP contribution is 2.06. The lowest BCUT2D eigenvalue weighted by Gasteiger charge is -2.27. The van der Waals surface area contributed by atoms with Crippen molar-refractivity contribution < 1.29 is 4.48 Å². The largest absolute Gasteiger partial charge is 0.313 e. The topological polar surface area (TPSA) is 26.0 Å². The smallest absolute Gasteiger partial charge is 0.129 e. The molecule has 0 amide bonds. The number of rotatable bonds is 3. The van der Waals surface area contributed by atoms with Gasteiger partial charge in [0.1, 0.15) is 13.2 Å². The summed E-state index contributed by atoms with van der Waals surface area (Å²) in [4.78, 5) is 0. The van der Waals surface area contributed by atoms with Gasteiger partial charge in [0.15, 0.2) is 0 Å². The minimum Gasteiger partial charge on any atom is -0.313 e. The fourth-order valence-electron chi connectivity index (χ4n) is 1.14. The Hall–Kier alpha value is -0.860. The summed E-state index contributed by atoms with van der Waals surface area (Å²) in [5, 5.41) is 0. The molecule has 1 aromatic carbocycles. The first-order valence-electron chi connectivity index (χ1n) is 4.20. The zero-order valence-corrected chi connectivity index (χ0v) is 7.83. The van der Waals surface area contributed by atoms with Gasteiger partial charge >= 0.3 is 0 Å². The second-order valence-corrected chi connectivity index (χ2v) is 3.76. The van der Waals surface area contributed by atoms with Gasteiger partial charge in [-0.3, -0.25) is 5.73 Å². The van der Waals surface area contributed by atoms with Crippen LogP contribution in [0.4, 0.5) is 0 Å². The average molecular weight is 165 g/mol. The molecule has 1 rings (SSSR count). The van der Waals surface area contributed by atoms with Crippen LogP contribution in [0.2, 0.25) is 0 Å². The molecule has 2 heteroatoms. The van der Waals surface area contributed by atoms with Crippen molar-refractivity contribution in [3.63, 3.8) is 0 Å². The van der Waals surface area contributed by atoms with Gasteiger partial charge in [-0.1, -0.05) is 30.3 Å². The van der Waals surface area contributed by atoms with Gasteiger partial charge in [0.2, 0.25) is 0 Å². The van der Waals surface area contributed by atoms with E-state index in [1.165, 1.54) is 5.56 Å². The van der Waals surface area contributed by atoms with E-state index in [-0.39, 0.29) is 0 Å². The van der Waals surface area contributed by atoms with Crippen LogP contribution < -0.4 is 5.73 Å². The summed E-state index contributed by atoms with van der Waals surface area (Å²) in [6.45, 7) is 1.67. The van der Waals surface area contributed by atoms with Crippen molar-refractivity contribution in [2.45, 2.75) is 6.54 Å². The molecule has 0 saturated heterocycles. The Bertz CT molecular complexity index is 229. The quantitative estimate of drug-likeness (QED) is 0.528. The van der Waals surface area contributed by atoms with Gasteiger partial charge in [-0.25, -0.2) is 0 Å². The molecule has 0 bridgehead atoms. The maximum atomic E-state index is 5.63. The van der Waals surface area contributed by atoms with Gasteiger partial charge in [-0.15, -0.1) is 0 Å². The molecular formula is C10H17N2+. The van der Waals surface area contributed by atoms with Gasteiger partial charge in [-0.05, 0) is 0 Å². The van der Waals surface area contributed by atoms with Crippen molar-refractivity contribution in [1.82, 2.24) is 0 Å². The van der Waals surface area contributed by atoms with Crippen LogP contribution in [0, 0.1) is 0 Å². The van der Waals surface area contributed by atoms with E-state index in [9.17, 15) is 0 Å². The Balaban J connectivity index is 2.64. The monoisotopic (exact) mass is 165 g/mol. The molecule has 12 heavy (non-hydrogen) atoms. The second kappa shape index (κ2) is 3.70. The van der Waals surface area contributed by atoms with Crippen molar-refractivity contribution >= 4 is 0 Å². The summed E-state index contributed by atoms with van der Waals surface area (Å²) in [6, 6.07) is 10.4. The van der Waals surface area contributed by atoms with Gasteiger partial charge < -0.3 is 4.48 Å². The van der Waals surface area contributed by atoms with Crippen LogP contribution >= 0.6 is 0 Å². The van der Waals surface area contributed by atoms with E-state index in [0.717, 1.165) is 11.0 Å². The summed E-state index contributed by atoms with van der Waals surface area (Å²) in [6.07, 6.45) is 0. The molecule has 0 fully saturated rings. The van der Waals surface area contributed by atoms with Crippen LogP contribution in [0.1, 0.15) is 5.56 Å². The lowest BCUT2D eigenvalue weighted by Crippen LogP contribution is -2.43. The molecule has 66 valence electrons. The summed E-state index contributed by atoms with van der Waals surface area (Å²) < 4.78 is 0.837. The van der Waals surface area contributed by atoms with Crippen LogP contribution in [0.15, 0.2) is 30.3 Å². The first kappa shape index (κ1) is 9.23. The van der Waals surface area contributed by atoms with Gasteiger partial charge in [-0.2, -0.15) is 0 Å². The molecule has 0 atom stereocenters. The Morgan fingerprint density at radius 1 is 1.17 bits per heavy atom. The molecule has 1 aromatic rings. The van der Waals surface area contributed by atoms with Crippen LogP contribution in [-0.4, -0.2) is 25.2 Å². The third-order valence-electron chi connectivity index (χ3n) is 1.95. The molecule has 0 aliphatic rings. The van der Waals surface area contributed by atoms with E-state index in [4.69, 9.17) is 5.73 Å². The average Bonchev–Trinajstić information content (AvgIpc) is 2.06. The Morgan fingerprint density at radius 3 is 2.25 bits per heavy atom. The van der Waals surface area contributed by atoms with Crippen LogP contribution in [0.5, 0.6) is 0 Å². The van der Waals surface area contributed by atoms with E-state index in [1.807, 2.05) is 6.07 Å². The zero-order valence-electron chi connectivity index (χ0n) is 7.83. The molecule has 0 aliphatic carbocycles. The van der Waals surface area contributed by atoms with E-state index in [0.29, 0.717) is 6.67 Å². The lowest BCUT2D eigenvalue weighted by molar-refractivity contribution is -0.903. The maximum absolute atomic E-state index is 5.63. The molecule has 2 nitrogen and oxygen atoms in total. The summed E-state index contributed by atoms with van der Waals surface area (Å²) in [5.74, 6) is 0. The number of benzene rings is 1. The third kappa shape index (κ3) is 2.64. The van der Waals surface area contributed by atoms with Crippen molar-refractivity contribution in [2.75, 3.05) is 20.8 Å². The van der Waals surface area contributed by atoms with E-state index < -0.39 is 0 Å². The summed E-state index contributed by atoms with van der Waals surface area (Å²) in [5.41, 5.74) is 6.97.